The number of nitrogens with two attached hydrogens (primary N) is 1. The number of ether oxygens (including phenoxy) is 1. The molecule has 2 N–H and O–H groups in total. The summed E-state index contributed by atoms with van der Waals surface area (Å²) in [5, 5.41) is 0. The van der Waals surface area contributed by atoms with Crippen LogP contribution in [0.3, 0.4) is 0 Å². The molecular formula is C37H45N5OS2. The van der Waals surface area contributed by atoms with Crippen molar-refractivity contribution in [1.29, 1.82) is 0 Å². The van der Waals surface area contributed by atoms with E-state index in [1.54, 1.807) is 11.8 Å². The minimum atomic E-state index is 0.595. The summed E-state index contributed by atoms with van der Waals surface area (Å²) in [5.41, 5.74) is 12.1. The number of piperazine rings is 2. The highest BCUT2D eigenvalue weighted by atomic mass is 32.2. The quantitative estimate of drug-likeness (QED) is 0.126. The van der Waals surface area contributed by atoms with Gasteiger partial charge < -0.3 is 20.3 Å². The molecule has 2 saturated heterocycles. The molecule has 2 aliphatic rings. The van der Waals surface area contributed by atoms with Gasteiger partial charge in [-0.05, 0) is 66.3 Å². The molecule has 0 aromatic heterocycles. The van der Waals surface area contributed by atoms with Gasteiger partial charge in [-0.3, -0.25) is 9.80 Å². The van der Waals surface area contributed by atoms with Crippen LogP contribution < -0.4 is 15.5 Å². The molecule has 2 heterocycles. The maximum Gasteiger partial charge on any atom is 0.224 e. The minimum Gasteiger partial charge on any atom is -0.479 e. The van der Waals surface area contributed by atoms with Crippen LogP contribution in [-0.2, 0) is 17.8 Å². The van der Waals surface area contributed by atoms with Gasteiger partial charge in [-0.15, -0.1) is 0 Å². The van der Waals surface area contributed by atoms with Crippen molar-refractivity contribution in [2.75, 3.05) is 74.5 Å². The summed E-state index contributed by atoms with van der Waals surface area (Å²) in [5.74, 6) is 0. The van der Waals surface area contributed by atoms with Crippen LogP contribution >= 0.6 is 24.0 Å². The summed E-state index contributed by atoms with van der Waals surface area (Å²) in [6.07, 6.45) is 0. The van der Waals surface area contributed by atoms with E-state index in [1.807, 2.05) is 19.1 Å². The van der Waals surface area contributed by atoms with Crippen LogP contribution in [0.1, 0.15) is 18.1 Å². The highest BCUT2D eigenvalue weighted by Crippen LogP contribution is 2.32. The molecule has 6 nitrogen and oxygen atoms in total. The molecule has 0 radical (unpaired) electrons. The van der Waals surface area contributed by atoms with E-state index in [0.717, 1.165) is 71.1 Å². The third kappa shape index (κ3) is 9.96. The van der Waals surface area contributed by atoms with Gasteiger partial charge in [-0.2, -0.15) is 0 Å². The number of thiocarbonyl (C=S) groups is 1. The van der Waals surface area contributed by atoms with Crippen LogP contribution in [0.2, 0.25) is 0 Å². The van der Waals surface area contributed by atoms with Gasteiger partial charge in [0.2, 0.25) is 4.38 Å². The predicted molar refractivity (Wildman–Crippen MR) is 195 cm³/mol. The minimum absolute atomic E-state index is 0.595. The van der Waals surface area contributed by atoms with Crippen LogP contribution in [0, 0.1) is 0 Å². The first-order valence-electron chi connectivity index (χ1n) is 15.9. The van der Waals surface area contributed by atoms with Crippen molar-refractivity contribution in [3.05, 3.63) is 120 Å². The Bertz CT molecular complexity index is 1460. The van der Waals surface area contributed by atoms with Crippen molar-refractivity contribution in [3.63, 3.8) is 0 Å². The van der Waals surface area contributed by atoms with Crippen molar-refractivity contribution in [3.8, 4) is 0 Å². The predicted octanol–water partition coefficient (Wildman–Crippen LogP) is 7.01. The zero-order valence-corrected chi connectivity index (χ0v) is 27.9. The Morgan fingerprint density at radius 2 is 1.07 bits per heavy atom. The largest absolute Gasteiger partial charge is 0.479 e. The maximum atomic E-state index is 6.05. The fourth-order valence-electron chi connectivity index (χ4n) is 5.79. The Labute approximate surface area is 278 Å². The van der Waals surface area contributed by atoms with E-state index in [2.05, 4.69) is 117 Å². The van der Waals surface area contributed by atoms with Crippen LogP contribution in [0.15, 0.2) is 114 Å². The lowest BCUT2D eigenvalue weighted by Crippen LogP contribution is -2.46. The second-order valence-corrected chi connectivity index (χ2v) is 13.0. The number of nitrogens with zero attached hydrogens (tertiary/aromatic N) is 4. The molecule has 0 spiro atoms. The molecule has 0 amide bonds. The summed E-state index contributed by atoms with van der Waals surface area (Å²) >= 11 is 6.85. The highest BCUT2D eigenvalue weighted by Gasteiger charge is 2.20. The molecule has 0 atom stereocenters. The van der Waals surface area contributed by atoms with Gasteiger partial charge in [0.15, 0.2) is 0 Å². The first-order chi connectivity index (χ1) is 22.1. The van der Waals surface area contributed by atoms with Crippen molar-refractivity contribution < 1.29 is 4.74 Å². The van der Waals surface area contributed by atoms with Gasteiger partial charge in [-0.25, -0.2) is 0 Å². The van der Waals surface area contributed by atoms with E-state index < -0.39 is 0 Å². The van der Waals surface area contributed by atoms with E-state index in [9.17, 15) is 0 Å². The van der Waals surface area contributed by atoms with E-state index >= 15 is 0 Å². The summed E-state index contributed by atoms with van der Waals surface area (Å²) in [4.78, 5) is 11.0. The van der Waals surface area contributed by atoms with Crippen LogP contribution in [0.5, 0.6) is 0 Å². The number of hydrogen-bond acceptors (Lipinski definition) is 8. The molecule has 4 aromatic rings. The second-order valence-electron chi connectivity index (χ2n) is 11.3. The molecule has 2 fully saturated rings. The second kappa shape index (κ2) is 17.2. The number of benzene rings is 4. The standard InChI is InChI=1S/C20H24N2OS2.C17H21N3/c1-2-23-20(24)25-19-11-7-6-10-18(19)22-14-12-21(13-15-22)16-17-8-4-3-5-9-17;18-16-8-4-5-9-17(16)20-12-10-19(11-13-20)14-15-6-2-1-3-7-15/h3-11H,2,12-16H2,1H3;1-9H,10-14,18H2. The SMILES string of the molecule is CCOC(=S)Sc1ccccc1N1CCN(Cc2ccccc2)CC1.Nc1ccccc1N1CCN(Cc2ccccc2)CC1. The Hall–Kier alpha value is -3.56. The van der Waals surface area contributed by atoms with Crippen LogP contribution in [-0.4, -0.2) is 73.1 Å². The Balaban J connectivity index is 0.000000182. The van der Waals surface area contributed by atoms with Crippen molar-refractivity contribution in [1.82, 2.24) is 9.80 Å². The molecule has 0 bridgehead atoms. The fraction of sp³-hybridized carbons (Fsp3) is 0.324. The Morgan fingerprint density at radius 3 is 1.58 bits per heavy atom. The normalized spacial score (nSPS) is 15.7. The number of para-hydroxylation sites is 3. The van der Waals surface area contributed by atoms with Crippen molar-refractivity contribution >= 4 is 45.4 Å². The Morgan fingerprint density at radius 1 is 0.622 bits per heavy atom. The molecule has 2 aliphatic heterocycles. The van der Waals surface area contributed by atoms with Gasteiger partial charge in [0, 0.05) is 70.3 Å². The molecule has 236 valence electrons. The van der Waals surface area contributed by atoms with Gasteiger partial charge in [-0.1, -0.05) is 84.9 Å². The van der Waals surface area contributed by atoms with E-state index in [1.165, 1.54) is 27.4 Å². The first kappa shape index (κ1) is 32.8. The lowest BCUT2D eigenvalue weighted by Gasteiger charge is -2.37. The molecular weight excluding hydrogens is 595 g/mol. The van der Waals surface area contributed by atoms with Crippen LogP contribution in [0.25, 0.3) is 0 Å². The summed E-state index contributed by atoms with van der Waals surface area (Å²) in [7, 11) is 0. The van der Waals surface area contributed by atoms with Gasteiger partial charge in [0.25, 0.3) is 0 Å². The third-order valence-corrected chi connectivity index (χ3v) is 9.40. The third-order valence-electron chi connectivity index (χ3n) is 8.18. The summed E-state index contributed by atoms with van der Waals surface area (Å²) in [6.45, 7) is 13.1. The summed E-state index contributed by atoms with van der Waals surface area (Å²) < 4.78 is 6.03. The average molecular weight is 640 g/mol. The zero-order valence-electron chi connectivity index (χ0n) is 26.3. The van der Waals surface area contributed by atoms with Gasteiger partial charge in [0.05, 0.1) is 23.7 Å². The Kier molecular flexibility index (Phi) is 12.6. The lowest BCUT2D eigenvalue weighted by molar-refractivity contribution is 0.249. The molecule has 45 heavy (non-hydrogen) atoms. The van der Waals surface area contributed by atoms with E-state index in [0.29, 0.717) is 11.0 Å². The number of thioether (sulfide) groups is 1. The fourth-order valence-corrected chi connectivity index (χ4v) is 6.99. The molecule has 8 heteroatoms. The molecule has 4 aromatic carbocycles. The number of hydrogen-bond donors (Lipinski definition) is 1. The maximum absolute atomic E-state index is 6.05. The van der Waals surface area contributed by atoms with E-state index in [4.69, 9.17) is 22.7 Å². The first-order valence-corrected chi connectivity index (χ1v) is 17.1. The monoisotopic (exact) mass is 639 g/mol. The molecule has 0 unspecified atom stereocenters. The topological polar surface area (TPSA) is 48.2 Å². The van der Waals surface area contributed by atoms with Gasteiger partial charge >= 0.3 is 0 Å². The van der Waals surface area contributed by atoms with Crippen molar-refractivity contribution in [2.45, 2.75) is 24.9 Å². The highest BCUT2D eigenvalue weighted by molar-refractivity contribution is 8.22. The molecule has 6 rings (SSSR count). The summed E-state index contributed by atoms with van der Waals surface area (Å²) in [6, 6.07) is 38.0. The zero-order chi connectivity index (χ0) is 31.3. The lowest BCUT2D eigenvalue weighted by atomic mass is 10.2. The number of nitrogen functional groups attached to an aromatic ring is 1. The molecule has 0 aliphatic carbocycles. The number of anilines is 3. The smallest absolute Gasteiger partial charge is 0.224 e. The molecule has 0 saturated carbocycles. The average Bonchev–Trinajstić information content (AvgIpc) is 3.08. The van der Waals surface area contributed by atoms with Crippen molar-refractivity contribution in [2.24, 2.45) is 0 Å². The number of rotatable bonds is 8. The van der Waals surface area contributed by atoms with E-state index in [-0.39, 0.29) is 0 Å². The van der Waals surface area contributed by atoms with Gasteiger partial charge in [0.1, 0.15) is 0 Å². The van der Waals surface area contributed by atoms with Crippen LogP contribution in [0.4, 0.5) is 17.1 Å².